The monoisotopic (exact) mass is 322 g/mol. The van der Waals surface area contributed by atoms with Gasteiger partial charge in [-0.15, -0.1) is 0 Å². The van der Waals surface area contributed by atoms with Crippen LogP contribution in [-0.4, -0.2) is 28.7 Å². The van der Waals surface area contributed by atoms with Crippen LogP contribution in [0.3, 0.4) is 0 Å². The minimum atomic E-state index is -0.886. The highest BCUT2D eigenvalue weighted by atomic mass is 16.2. The lowest BCUT2D eigenvalue weighted by Gasteiger charge is -2.21. The standard InChI is InChI=1S/C19H18N2O3/c1-3-13-7-6-8-14(11-13)20-17(22)12(2)21-18(23)15-9-4-5-10-16(15)19(21)24/h4-12H,3H2,1-2H3,(H,20,22)/t12-/m0/s1. The average Bonchev–Trinajstić information content (AvgIpc) is 2.86. The Hall–Kier alpha value is -2.95. The zero-order chi connectivity index (χ0) is 17.3. The Morgan fingerprint density at radius 1 is 1.04 bits per heavy atom. The predicted molar refractivity (Wildman–Crippen MR) is 90.9 cm³/mol. The molecule has 0 fully saturated rings. The number of fused-ring (bicyclic) bond motifs is 1. The molecule has 0 aromatic heterocycles. The van der Waals surface area contributed by atoms with Gasteiger partial charge in [-0.25, -0.2) is 0 Å². The fourth-order valence-corrected chi connectivity index (χ4v) is 2.79. The zero-order valence-corrected chi connectivity index (χ0v) is 13.6. The molecule has 3 amide bonds. The van der Waals surface area contributed by atoms with Crippen LogP contribution in [-0.2, 0) is 11.2 Å². The van der Waals surface area contributed by atoms with E-state index in [1.165, 1.54) is 0 Å². The summed E-state index contributed by atoms with van der Waals surface area (Å²) in [4.78, 5) is 38.4. The minimum absolute atomic E-state index is 0.343. The zero-order valence-electron chi connectivity index (χ0n) is 13.6. The van der Waals surface area contributed by atoms with Crippen LogP contribution >= 0.6 is 0 Å². The second-order valence-corrected chi connectivity index (χ2v) is 5.75. The van der Waals surface area contributed by atoms with Gasteiger partial charge in [-0.05, 0) is 43.2 Å². The number of carbonyl (C=O) groups excluding carboxylic acids is 3. The summed E-state index contributed by atoms with van der Waals surface area (Å²) in [7, 11) is 0. The number of nitrogens with zero attached hydrogens (tertiary/aromatic N) is 1. The lowest BCUT2D eigenvalue weighted by atomic mass is 10.1. The highest BCUT2D eigenvalue weighted by Crippen LogP contribution is 2.25. The van der Waals surface area contributed by atoms with Crippen molar-refractivity contribution in [2.75, 3.05) is 5.32 Å². The molecule has 0 saturated carbocycles. The average molecular weight is 322 g/mol. The smallest absolute Gasteiger partial charge is 0.262 e. The van der Waals surface area contributed by atoms with Gasteiger partial charge in [0.2, 0.25) is 5.91 Å². The Bertz CT molecular complexity index is 794. The van der Waals surface area contributed by atoms with Gasteiger partial charge >= 0.3 is 0 Å². The lowest BCUT2D eigenvalue weighted by Crippen LogP contribution is -2.45. The van der Waals surface area contributed by atoms with Crippen molar-refractivity contribution in [1.29, 1.82) is 0 Å². The number of benzene rings is 2. The highest BCUT2D eigenvalue weighted by molar-refractivity contribution is 6.23. The SMILES string of the molecule is CCc1cccc(NC(=O)[C@H](C)N2C(=O)c3ccccc3C2=O)c1. The second-order valence-electron chi connectivity index (χ2n) is 5.75. The summed E-state index contributed by atoms with van der Waals surface area (Å²) in [5, 5.41) is 2.78. The molecule has 0 spiro atoms. The quantitative estimate of drug-likeness (QED) is 0.880. The van der Waals surface area contributed by atoms with Crippen LogP contribution < -0.4 is 5.32 Å². The van der Waals surface area contributed by atoms with E-state index < -0.39 is 23.8 Å². The summed E-state index contributed by atoms with van der Waals surface area (Å²) in [6, 6.07) is 13.2. The molecule has 2 aromatic rings. The van der Waals surface area contributed by atoms with E-state index in [2.05, 4.69) is 5.32 Å². The van der Waals surface area contributed by atoms with E-state index in [1.807, 2.05) is 25.1 Å². The molecule has 24 heavy (non-hydrogen) atoms. The number of imide groups is 1. The van der Waals surface area contributed by atoms with Gasteiger partial charge in [0.15, 0.2) is 0 Å². The van der Waals surface area contributed by atoms with E-state index in [4.69, 9.17) is 0 Å². The Morgan fingerprint density at radius 3 is 2.25 bits per heavy atom. The summed E-state index contributed by atoms with van der Waals surface area (Å²) in [6.45, 7) is 3.59. The summed E-state index contributed by atoms with van der Waals surface area (Å²) in [5.41, 5.74) is 2.44. The summed E-state index contributed by atoms with van der Waals surface area (Å²) in [6.07, 6.45) is 0.859. The normalized spacial score (nSPS) is 14.5. The van der Waals surface area contributed by atoms with Crippen LogP contribution in [0, 0.1) is 0 Å². The first-order valence-corrected chi connectivity index (χ1v) is 7.89. The van der Waals surface area contributed by atoms with E-state index in [9.17, 15) is 14.4 Å². The van der Waals surface area contributed by atoms with E-state index in [0.29, 0.717) is 16.8 Å². The van der Waals surface area contributed by atoms with Gasteiger partial charge in [0, 0.05) is 5.69 Å². The Labute approximate surface area is 140 Å². The summed E-state index contributed by atoms with van der Waals surface area (Å²) >= 11 is 0. The number of hydrogen-bond donors (Lipinski definition) is 1. The molecule has 1 aliphatic rings. The largest absolute Gasteiger partial charge is 0.324 e. The van der Waals surface area contributed by atoms with E-state index in [1.54, 1.807) is 37.3 Å². The van der Waals surface area contributed by atoms with Crippen LogP contribution in [0.5, 0.6) is 0 Å². The number of anilines is 1. The molecule has 3 rings (SSSR count). The summed E-state index contributed by atoms with van der Waals surface area (Å²) < 4.78 is 0. The Morgan fingerprint density at radius 2 is 1.67 bits per heavy atom. The van der Waals surface area contributed by atoms with Crippen LogP contribution in [0.1, 0.15) is 40.1 Å². The van der Waals surface area contributed by atoms with Gasteiger partial charge in [-0.1, -0.05) is 31.2 Å². The second kappa shape index (κ2) is 6.28. The molecule has 0 saturated heterocycles. The third kappa shape index (κ3) is 2.69. The number of carbonyl (C=O) groups is 3. The van der Waals surface area contributed by atoms with Crippen molar-refractivity contribution in [3.05, 3.63) is 65.2 Å². The molecule has 1 N–H and O–H groups in total. The third-order valence-corrected chi connectivity index (χ3v) is 4.19. The fraction of sp³-hybridized carbons (Fsp3) is 0.211. The van der Waals surface area contributed by atoms with Gasteiger partial charge in [-0.2, -0.15) is 0 Å². The topological polar surface area (TPSA) is 66.5 Å². The van der Waals surface area contributed by atoms with Gasteiger partial charge in [0.05, 0.1) is 11.1 Å². The molecule has 122 valence electrons. The van der Waals surface area contributed by atoms with Crippen molar-refractivity contribution in [1.82, 2.24) is 4.90 Å². The molecule has 0 radical (unpaired) electrons. The lowest BCUT2D eigenvalue weighted by molar-refractivity contribution is -0.119. The van der Waals surface area contributed by atoms with Gasteiger partial charge in [0.1, 0.15) is 6.04 Å². The Balaban J connectivity index is 1.79. The minimum Gasteiger partial charge on any atom is -0.324 e. The molecular weight excluding hydrogens is 304 g/mol. The van der Waals surface area contributed by atoms with Crippen LogP contribution in [0.4, 0.5) is 5.69 Å². The van der Waals surface area contributed by atoms with Crippen molar-refractivity contribution in [2.45, 2.75) is 26.3 Å². The number of rotatable bonds is 4. The van der Waals surface area contributed by atoms with Crippen molar-refractivity contribution in [2.24, 2.45) is 0 Å². The molecule has 0 aliphatic carbocycles. The molecule has 1 atom stereocenters. The first kappa shape index (κ1) is 15.9. The van der Waals surface area contributed by atoms with Crippen molar-refractivity contribution in [3.63, 3.8) is 0 Å². The van der Waals surface area contributed by atoms with Crippen molar-refractivity contribution < 1.29 is 14.4 Å². The van der Waals surface area contributed by atoms with Crippen molar-refractivity contribution in [3.8, 4) is 0 Å². The molecule has 1 heterocycles. The van der Waals surface area contributed by atoms with Crippen molar-refractivity contribution >= 4 is 23.4 Å². The number of aryl methyl sites for hydroxylation is 1. The first-order chi connectivity index (χ1) is 11.5. The molecular formula is C19H18N2O3. The molecule has 0 unspecified atom stereocenters. The van der Waals surface area contributed by atoms with E-state index in [-0.39, 0.29) is 0 Å². The maximum Gasteiger partial charge on any atom is 0.262 e. The van der Waals surface area contributed by atoms with Crippen LogP contribution in [0.15, 0.2) is 48.5 Å². The predicted octanol–water partition coefficient (Wildman–Crippen LogP) is 2.87. The van der Waals surface area contributed by atoms with Crippen LogP contribution in [0.25, 0.3) is 0 Å². The molecule has 5 nitrogen and oxygen atoms in total. The van der Waals surface area contributed by atoms with Crippen LogP contribution in [0.2, 0.25) is 0 Å². The maximum atomic E-state index is 12.5. The number of nitrogens with one attached hydrogen (secondary N) is 1. The summed E-state index contributed by atoms with van der Waals surface area (Å²) in [5.74, 6) is -1.25. The van der Waals surface area contributed by atoms with E-state index in [0.717, 1.165) is 16.9 Å². The van der Waals surface area contributed by atoms with Gasteiger partial charge in [0.25, 0.3) is 11.8 Å². The van der Waals surface area contributed by atoms with Gasteiger partial charge in [-0.3, -0.25) is 19.3 Å². The number of hydrogen-bond acceptors (Lipinski definition) is 3. The molecule has 0 bridgehead atoms. The number of amides is 3. The Kier molecular flexibility index (Phi) is 4.16. The molecule has 1 aliphatic heterocycles. The highest BCUT2D eigenvalue weighted by Gasteiger charge is 2.40. The molecule has 2 aromatic carbocycles. The third-order valence-electron chi connectivity index (χ3n) is 4.19. The van der Waals surface area contributed by atoms with E-state index >= 15 is 0 Å². The van der Waals surface area contributed by atoms with Gasteiger partial charge < -0.3 is 5.32 Å². The fourth-order valence-electron chi connectivity index (χ4n) is 2.79. The maximum absolute atomic E-state index is 12.5. The molecule has 5 heteroatoms. The first-order valence-electron chi connectivity index (χ1n) is 7.89.